The lowest BCUT2D eigenvalue weighted by Gasteiger charge is -2.34. The second kappa shape index (κ2) is 19.7. The van der Waals surface area contributed by atoms with Crippen molar-refractivity contribution >= 4 is 17.6 Å². The Kier molecular flexibility index (Phi) is 14.2. The van der Waals surface area contributed by atoms with Gasteiger partial charge in [-0.3, -0.25) is 44.8 Å². The van der Waals surface area contributed by atoms with Crippen LogP contribution in [0.15, 0.2) is 109 Å². The van der Waals surface area contributed by atoms with Gasteiger partial charge in [0.2, 0.25) is 17.6 Å². The molecule has 2 amide bonds. The number of nitrogens with one attached hydrogen (secondary N) is 2. The maximum atomic E-state index is 12.4. The molecule has 4 aromatic carbocycles. The number of amides is 2. The molecule has 0 unspecified atom stereocenters. The van der Waals surface area contributed by atoms with E-state index in [0.29, 0.717) is 37.4 Å². The highest BCUT2D eigenvalue weighted by atomic mass is 16.7. The van der Waals surface area contributed by atoms with E-state index in [9.17, 15) is 14.4 Å². The van der Waals surface area contributed by atoms with E-state index in [1.807, 2.05) is 84.9 Å². The molecule has 0 radical (unpaired) electrons. The lowest BCUT2D eigenvalue weighted by atomic mass is 9.96. The molecule has 0 saturated carbocycles. The van der Waals surface area contributed by atoms with Crippen LogP contribution in [-0.2, 0) is 37.9 Å². The van der Waals surface area contributed by atoms with Gasteiger partial charge in [0.05, 0.1) is 26.3 Å². The van der Waals surface area contributed by atoms with E-state index < -0.39 is 5.79 Å². The Morgan fingerprint density at radius 3 is 1.35 bits per heavy atom. The zero-order chi connectivity index (χ0) is 38.5. The molecule has 13 heteroatoms. The van der Waals surface area contributed by atoms with Gasteiger partial charge in [-0.05, 0) is 11.1 Å². The third-order valence-electron chi connectivity index (χ3n) is 10.2. The molecule has 3 saturated heterocycles. The normalized spacial score (nSPS) is 17.9. The smallest absolute Gasteiger partial charge is 0.248 e. The number of rotatable bonds is 12. The third-order valence-corrected chi connectivity index (χ3v) is 10.2. The van der Waals surface area contributed by atoms with E-state index in [1.165, 1.54) is 11.1 Å². The van der Waals surface area contributed by atoms with Crippen molar-refractivity contribution < 1.29 is 23.9 Å². The minimum atomic E-state index is -0.811. The quantitative estimate of drug-likeness (QED) is 0.0728. The fourth-order valence-electron chi connectivity index (χ4n) is 7.14. The van der Waals surface area contributed by atoms with Crippen LogP contribution in [-0.4, -0.2) is 116 Å². The van der Waals surface area contributed by atoms with Gasteiger partial charge in [-0.1, -0.05) is 109 Å². The van der Waals surface area contributed by atoms with Crippen LogP contribution in [0.3, 0.4) is 0 Å². The molecular weight excluding hydrogens is 697 g/mol. The Balaban J connectivity index is 0.000000188. The highest BCUT2D eigenvalue weighted by Crippen LogP contribution is 2.38. The maximum absolute atomic E-state index is 12.4. The number of hydrazine groups is 2. The lowest BCUT2D eigenvalue weighted by molar-refractivity contribution is -0.130. The predicted molar refractivity (Wildman–Crippen MR) is 210 cm³/mol. The van der Waals surface area contributed by atoms with Gasteiger partial charge in [-0.25, -0.2) is 11.7 Å². The number of piperazine rings is 2. The van der Waals surface area contributed by atoms with Crippen LogP contribution in [0.1, 0.15) is 38.2 Å². The summed E-state index contributed by atoms with van der Waals surface area (Å²) in [7, 11) is 0. The number of ketones is 1. The van der Waals surface area contributed by atoms with Gasteiger partial charge in [-0.15, -0.1) is 0 Å². The first-order valence-electron chi connectivity index (χ1n) is 18.8. The minimum absolute atomic E-state index is 0.0453. The number of ether oxygens (including phenoxy) is 2. The standard InChI is InChI=1S/C22H28N4O3.C20H24N4O2/c23-24-21(27)17-26-12-10-25(11-13-26)16-18-6-8-20(9-7-18)22(28-14-15-29-22)19-4-2-1-3-5-19;21-22-19(25)15-24-12-10-23(11-13-24)14-16-6-8-18(9-7-16)20(26)17-4-2-1-3-5-17/h1-9H,10-17,23H2,(H,24,27);1-9H,10-15,21H2,(H,22,25). The van der Waals surface area contributed by atoms with Gasteiger partial charge in [0, 0.05) is 87.7 Å². The predicted octanol–water partition coefficient (Wildman–Crippen LogP) is 2.07. The van der Waals surface area contributed by atoms with Crippen molar-refractivity contribution in [2.75, 3.05) is 78.7 Å². The van der Waals surface area contributed by atoms with E-state index in [2.05, 4.69) is 54.7 Å². The highest BCUT2D eigenvalue weighted by molar-refractivity contribution is 6.08. The Labute approximate surface area is 323 Å². The van der Waals surface area contributed by atoms with Crippen molar-refractivity contribution in [2.24, 2.45) is 11.7 Å². The summed E-state index contributed by atoms with van der Waals surface area (Å²) >= 11 is 0. The van der Waals surface area contributed by atoms with Crippen LogP contribution >= 0.6 is 0 Å². The Bertz CT molecular complexity index is 1810. The van der Waals surface area contributed by atoms with Gasteiger partial charge >= 0.3 is 0 Å². The topological polar surface area (TPSA) is 159 Å². The van der Waals surface area contributed by atoms with Crippen molar-refractivity contribution in [1.29, 1.82) is 0 Å². The Morgan fingerprint density at radius 1 is 0.509 bits per heavy atom. The molecule has 55 heavy (non-hydrogen) atoms. The third kappa shape index (κ3) is 10.9. The van der Waals surface area contributed by atoms with E-state index >= 15 is 0 Å². The molecule has 7 rings (SSSR count). The van der Waals surface area contributed by atoms with Crippen LogP contribution in [0.4, 0.5) is 0 Å². The molecule has 0 spiro atoms. The summed E-state index contributed by atoms with van der Waals surface area (Å²) < 4.78 is 12.2. The lowest BCUT2D eigenvalue weighted by Crippen LogP contribution is -2.49. The summed E-state index contributed by atoms with van der Waals surface area (Å²) in [5.41, 5.74) is 10.2. The van der Waals surface area contributed by atoms with Crippen molar-refractivity contribution in [3.05, 3.63) is 143 Å². The first kappa shape index (κ1) is 39.9. The molecular formula is C42H52N8O5. The van der Waals surface area contributed by atoms with Gasteiger partial charge < -0.3 is 9.47 Å². The molecule has 4 aromatic rings. The molecule has 0 atom stereocenters. The SMILES string of the molecule is NNC(=O)CN1CCN(Cc2ccc(C(=O)c3ccccc3)cc2)CC1.NNC(=O)CN1CCN(Cc2ccc(C3(c4ccccc4)OCCO3)cc2)CC1. The number of hydrogen-bond acceptors (Lipinski definition) is 11. The number of nitrogens with two attached hydrogens (primary N) is 2. The fourth-order valence-corrected chi connectivity index (χ4v) is 7.14. The van der Waals surface area contributed by atoms with Crippen LogP contribution in [0.5, 0.6) is 0 Å². The van der Waals surface area contributed by atoms with E-state index in [-0.39, 0.29) is 17.6 Å². The molecule has 6 N–H and O–H groups in total. The van der Waals surface area contributed by atoms with Crippen LogP contribution < -0.4 is 22.5 Å². The summed E-state index contributed by atoms with van der Waals surface area (Å²) in [6.45, 7) is 10.7. The highest BCUT2D eigenvalue weighted by Gasteiger charge is 2.40. The number of carbonyl (C=O) groups is 3. The average molecular weight is 749 g/mol. The Morgan fingerprint density at radius 2 is 0.891 bits per heavy atom. The second-order valence-electron chi connectivity index (χ2n) is 14.0. The van der Waals surface area contributed by atoms with Crippen LogP contribution in [0.25, 0.3) is 0 Å². The first-order chi connectivity index (χ1) is 26.8. The second-order valence-corrected chi connectivity index (χ2v) is 14.0. The molecule has 13 nitrogen and oxygen atoms in total. The first-order valence-corrected chi connectivity index (χ1v) is 18.8. The average Bonchev–Trinajstić information content (AvgIpc) is 3.75. The number of benzene rings is 4. The summed E-state index contributed by atoms with van der Waals surface area (Å²) in [5, 5.41) is 0. The zero-order valence-electron chi connectivity index (χ0n) is 31.3. The van der Waals surface area contributed by atoms with Gasteiger partial charge in [0.15, 0.2) is 5.78 Å². The van der Waals surface area contributed by atoms with Crippen LogP contribution in [0.2, 0.25) is 0 Å². The largest absolute Gasteiger partial charge is 0.340 e. The van der Waals surface area contributed by atoms with Crippen molar-refractivity contribution in [3.8, 4) is 0 Å². The maximum Gasteiger partial charge on any atom is 0.248 e. The molecule has 290 valence electrons. The van der Waals surface area contributed by atoms with Gasteiger partial charge in [-0.2, -0.15) is 0 Å². The number of hydrogen-bond donors (Lipinski definition) is 4. The van der Waals surface area contributed by atoms with Crippen molar-refractivity contribution in [1.82, 2.24) is 30.5 Å². The summed E-state index contributed by atoms with van der Waals surface area (Å²) in [6, 6.07) is 35.8. The van der Waals surface area contributed by atoms with Crippen molar-refractivity contribution in [2.45, 2.75) is 18.9 Å². The molecule has 0 bridgehead atoms. The summed E-state index contributed by atoms with van der Waals surface area (Å²) in [4.78, 5) is 44.2. The van der Waals surface area contributed by atoms with Crippen molar-refractivity contribution in [3.63, 3.8) is 0 Å². The monoisotopic (exact) mass is 748 g/mol. The molecule has 0 aliphatic carbocycles. The van der Waals surface area contributed by atoms with E-state index in [0.717, 1.165) is 76.6 Å². The van der Waals surface area contributed by atoms with E-state index in [4.69, 9.17) is 21.2 Å². The zero-order valence-corrected chi connectivity index (χ0v) is 31.3. The van der Waals surface area contributed by atoms with Crippen LogP contribution in [0, 0.1) is 0 Å². The van der Waals surface area contributed by atoms with Gasteiger partial charge in [0.25, 0.3) is 0 Å². The summed E-state index contributed by atoms with van der Waals surface area (Å²) in [5.74, 6) is 9.24. The summed E-state index contributed by atoms with van der Waals surface area (Å²) in [6.07, 6.45) is 0. The Hall–Kier alpha value is -4.83. The molecule has 0 aromatic heterocycles. The minimum Gasteiger partial charge on any atom is -0.340 e. The van der Waals surface area contributed by atoms with Gasteiger partial charge in [0.1, 0.15) is 0 Å². The number of carbonyl (C=O) groups excluding carboxylic acids is 3. The molecule has 3 fully saturated rings. The molecule has 3 heterocycles. The molecule has 3 aliphatic heterocycles. The van der Waals surface area contributed by atoms with E-state index in [1.54, 1.807) is 0 Å². The fraction of sp³-hybridized carbons (Fsp3) is 0.357. The number of nitrogens with zero attached hydrogens (tertiary/aromatic N) is 4. The molecule has 3 aliphatic rings.